The number of hydrogen-bond donors (Lipinski definition) is 1. The van der Waals surface area contributed by atoms with Crippen molar-refractivity contribution in [2.24, 2.45) is 0 Å². The summed E-state index contributed by atoms with van der Waals surface area (Å²) in [6.45, 7) is 4.52. The summed E-state index contributed by atoms with van der Waals surface area (Å²) in [5, 5.41) is 14.6. The molecule has 0 fully saturated rings. The molecule has 0 bridgehead atoms. The number of nitrogens with zero attached hydrogens (tertiary/aromatic N) is 3. The zero-order valence-corrected chi connectivity index (χ0v) is 12.0. The van der Waals surface area contributed by atoms with Crippen LogP contribution in [0.2, 0.25) is 0 Å². The highest BCUT2D eigenvalue weighted by Crippen LogP contribution is 2.31. The Labute approximate surface area is 120 Å². The molecule has 1 heterocycles. The molecule has 0 aliphatic carbocycles. The quantitative estimate of drug-likeness (QED) is 0.517. The number of benzene rings is 1. The minimum Gasteiger partial charge on any atom is -0.385 e. The van der Waals surface area contributed by atoms with Crippen LogP contribution < -0.4 is 5.32 Å². The Morgan fingerprint density at radius 1 is 1.40 bits per heavy atom. The van der Waals surface area contributed by atoms with Crippen LogP contribution in [0.15, 0.2) is 40.5 Å². The SMILES string of the molecule is CCNc1cc(Sc2nccc(C)n2)cc([N+](=O)[O-])c1. The summed E-state index contributed by atoms with van der Waals surface area (Å²) in [6.07, 6.45) is 1.67. The van der Waals surface area contributed by atoms with Gasteiger partial charge in [0.05, 0.1) is 4.92 Å². The van der Waals surface area contributed by atoms with E-state index < -0.39 is 4.92 Å². The number of aromatic nitrogens is 2. The average molecular weight is 290 g/mol. The van der Waals surface area contributed by atoms with Gasteiger partial charge in [-0.25, -0.2) is 9.97 Å². The molecule has 7 heteroatoms. The van der Waals surface area contributed by atoms with Crippen LogP contribution in [0.4, 0.5) is 11.4 Å². The lowest BCUT2D eigenvalue weighted by Gasteiger charge is -2.06. The monoisotopic (exact) mass is 290 g/mol. The molecule has 0 atom stereocenters. The molecular formula is C13H14N4O2S. The minimum atomic E-state index is -0.401. The van der Waals surface area contributed by atoms with Gasteiger partial charge in [-0.15, -0.1) is 0 Å². The molecule has 0 unspecified atom stereocenters. The third-order valence-corrected chi connectivity index (χ3v) is 3.32. The number of non-ortho nitro benzene ring substituents is 1. The van der Waals surface area contributed by atoms with Crippen molar-refractivity contribution in [3.05, 3.63) is 46.3 Å². The van der Waals surface area contributed by atoms with Crippen molar-refractivity contribution >= 4 is 23.1 Å². The van der Waals surface area contributed by atoms with Gasteiger partial charge in [0.15, 0.2) is 5.16 Å². The predicted octanol–water partition coefficient (Wildman–Crippen LogP) is 3.28. The Balaban J connectivity index is 2.32. The van der Waals surface area contributed by atoms with Gasteiger partial charge in [-0.3, -0.25) is 10.1 Å². The molecule has 6 nitrogen and oxygen atoms in total. The maximum atomic E-state index is 11.0. The first-order valence-electron chi connectivity index (χ1n) is 6.09. The molecule has 1 aromatic heterocycles. The topological polar surface area (TPSA) is 81.0 Å². The van der Waals surface area contributed by atoms with Gasteiger partial charge in [0.1, 0.15) is 0 Å². The highest BCUT2D eigenvalue weighted by Gasteiger charge is 2.11. The zero-order valence-electron chi connectivity index (χ0n) is 11.2. The lowest BCUT2D eigenvalue weighted by atomic mass is 10.3. The van der Waals surface area contributed by atoms with E-state index in [1.165, 1.54) is 23.9 Å². The van der Waals surface area contributed by atoms with Gasteiger partial charge in [-0.1, -0.05) is 0 Å². The van der Waals surface area contributed by atoms with Gasteiger partial charge < -0.3 is 5.32 Å². The third-order valence-electron chi connectivity index (χ3n) is 2.46. The summed E-state index contributed by atoms with van der Waals surface area (Å²) < 4.78 is 0. The van der Waals surface area contributed by atoms with Crippen LogP contribution in [0.1, 0.15) is 12.6 Å². The summed E-state index contributed by atoms with van der Waals surface area (Å²) in [5.41, 5.74) is 1.63. The van der Waals surface area contributed by atoms with E-state index in [1.807, 2.05) is 26.0 Å². The molecule has 20 heavy (non-hydrogen) atoms. The predicted molar refractivity (Wildman–Crippen MR) is 78.2 cm³/mol. The molecule has 0 spiro atoms. The number of nitrogens with one attached hydrogen (secondary N) is 1. The van der Waals surface area contributed by atoms with Crippen LogP contribution in [0.3, 0.4) is 0 Å². The van der Waals surface area contributed by atoms with E-state index in [0.29, 0.717) is 11.7 Å². The summed E-state index contributed by atoms with van der Waals surface area (Å²) in [7, 11) is 0. The van der Waals surface area contributed by atoms with E-state index in [1.54, 1.807) is 6.20 Å². The fourth-order valence-corrected chi connectivity index (χ4v) is 2.51. The van der Waals surface area contributed by atoms with Gasteiger partial charge in [0.2, 0.25) is 0 Å². The Bertz CT molecular complexity index is 634. The highest BCUT2D eigenvalue weighted by molar-refractivity contribution is 7.99. The molecule has 2 rings (SSSR count). The number of nitro groups is 1. The minimum absolute atomic E-state index is 0.0543. The standard InChI is InChI=1S/C13H14N4O2S/c1-3-14-10-6-11(17(18)19)8-12(7-10)20-13-15-5-4-9(2)16-13/h4-8,14H,3H2,1-2H3. The third kappa shape index (κ3) is 3.67. The smallest absolute Gasteiger partial charge is 0.272 e. The molecule has 0 saturated heterocycles. The second kappa shape index (κ2) is 6.33. The van der Waals surface area contributed by atoms with Crippen molar-refractivity contribution in [3.63, 3.8) is 0 Å². The second-order valence-electron chi connectivity index (χ2n) is 4.09. The number of anilines is 1. The van der Waals surface area contributed by atoms with E-state index in [4.69, 9.17) is 0 Å². The summed E-state index contributed by atoms with van der Waals surface area (Å²) in [5.74, 6) is 0. The molecular weight excluding hydrogens is 276 g/mol. The Kier molecular flexibility index (Phi) is 4.52. The van der Waals surface area contributed by atoms with Gasteiger partial charge >= 0.3 is 0 Å². The summed E-state index contributed by atoms with van der Waals surface area (Å²) >= 11 is 1.31. The summed E-state index contributed by atoms with van der Waals surface area (Å²) in [4.78, 5) is 19.7. The normalized spacial score (nSPS) is 10.3. The van der Waals surface area contributed by atoms with Crippen molar-refractivity contribution in [1.82, 2.24) is 9.97 Å². The molecule has 1 aromatic carbocycles. The molecule has 0 radical (unpaired) electrons. The lowest BCUT2D eigenvalue weighted by molar-refractivity contribution is -0.385. The van der Waals surface area contributed by atoms with E-state index in [-0.39, 0.29) is 5.69 Å². The molecule has 1 N–H and O–H groups in total. The van der Waals surface area contributed by atoms with E-state index in [0.717, 1.165) is 16.3 Å². The lowest BCUT2D eigenvalue weighted by Crippen LogP contribution is -1.98. The number of aryl methyl sites for hydroxylation is 1. The molecule has 104 valence electrons. The van der Waals surface area contributed by atoms with Crippen molar-refractivity contribution in [3.8, 4) is 0 Å². The van der Waals surface area contributed by atoms with Crippen LogP contribution in [0.5, 0.6) is 0 Å². The van der Waals surface area contributed by atoms with Crippen molar-refractivity contribution in [2.75, 3.05) is 11.9 Å². The van der Waals surface area contributed by atoms with Gasteiger partial charge in [0.25, 0.3) is 5.69 Å². The largest absolute Gasteiger partial charge is 0.385 e. The van der Waals surface area contributed by atoms with Crippen LogP contribution in [0.25, 0.3) is 0 Å². The fourth-order valence-electron chi connectivity index (χ4n) is 1.63. The highest BCUT2D eigenvalue weighted by atomic mass is 32.2. The molecule has 0 aliphatic rings. The van der Waals surface area contributed by atoms with Crippen molar-refractivity contribution in [2.45, 2.75) is 23.9 Å². The Hall–Kier alpha value is -2.15. The van der Waals surface area contributed by atoms with Crippen LogP contribution >= 0.6 is 11.8 Å². The Morgan fingerprint density at radius 3 is 2.85 bits per heavy atom. The van der Waals surface area contributed by atoms with Crippen LogP contribution in [0, 0.1) is 17.0 Å². The zero-order chi connectivity index (χ0) is 14.5. The Morgan fingerprint density at radius 2 is 2.20 bits per heavy atom. The maximum absolute atomic E-state index is 11.0. The molecule has 0 saturated carbocycles. The average Bonchev–Trinajstić information content (AvgIpc) is 2.38. The van der Waals surface area contributed by atoms with Crippen LogP contribution in [-0.4, -0.2) is 21.4 Å². The number of hydrogen-bond acceptors (Lipinski definition) is 6. The summed E-state index contributed by atoms with van der Waals surface area (Å²) in [6, 6.07) is 6.70. The van der Waals surface area contributed by atoms with Gasteiger partial charge in [-0.2, -0.15) is 0 Å². The molecule has 0 amide bonds. The first kappa shape index (κ1) is 14.3. The number of nitro benzene ring substituents is 1. The fraction of sp³-hybridized carbons (Fsp3) is 0.231. The van der Waals surface area contributed by atoms with Gasteiger partial charge in [-0.05, 0) is 37.7 Å². The van der Waals surface area contributed by atoms with E-state index in [2.05, 4.69) is 15.3 Å². The van der Waals surface area contributed by atoms with Gasteiger partial charge in [0, 0.05) is 41.2 Å². The first-order valence-corrected chi connectivity index (χ1v) is 6.91. The molecule has 0 aliphatic heterocycles. The molecule has 2 aromatic rings. The van der Waals surface area contributed by atoms with E-state index in [9.17, 15) is 10.1 Å². The number of rotatable bonds is 5. The van der Waals surface area contributed by atoms with Crippen LogP contribution in [-0.2, 0) is 0 Å². The van der Waals surface area contributed by atoms with Crippen molar-refractivity contribution < 1.29 is 4.92 Å². The van der Waals surface area contributed by atoms with Crippen molar-refractivity contribution in [1.29, 1.82) is 0 Å². The first-order chi connectivity index (χ1) is 9.58. The maximum Gasteiger partial charge on any atom is 0.272 e. The second-order valence-corrected chi connectivity index (χ2v) is 5.13. The van der Waals surface area contributed by atoms with E-state index >= 15 is 0 Å².